The SMILES string of the molecule is CCCN(CC(=O)N(C)C)C(=O)N(CC(=O)O)CC(=O)O. The molecule has 120 valence electrons. The standard InChI is InChI=1S/C12H21N3O6/c1-4-5-14(6-9(16)13(2)3)12(21)15(7-10(17)18)8-11(19)20/h4-8H2,1-3H3,(H,17,18)(H,19,20). The van der Waals surface area contributed by atoms with Gasteiger partial charge in [-0.25, -0.2) is 4.79 Å². The fourth-order valence-corrected chi connectivity index (χ4v) is 1.53. The number of likely N-dealkylation sites (N-methyl/N-ethyl adjacent to an activating group) is 1. The Morgan fingerprint density at radius 2 is 1.33 bits per heavy atom. The highest BCUT2D eigenvalue weighted by molar-refractivity contribution is 5.87. The zero-order valence-electron chi connectivity index (χ0n) is 12.4. The molecule has 9 nitrogen and oxygen atoms in total. The van der Waals surface area contributed by atoms with Gasteiger partial charge in [0.2, 0.25) is 5.91 Å². The molecule has 0 aromatic rings. The molecule has 0 radical (unpaired) electrons. The van der Waals surface area contributed by atoms with E-state index in [9.17, 15) is 19.2 Å². The molecular formula is C12H21N3O6. The van der Waals surface area contributed by atoms with Crippen LogP contribution in [0.25, 0.3) is 0 Å². The van der Waals surface area contributed by atoms with E-state index in [4.69, 9.17) is 10.2 Å². The Bertz CT molecular complexity index is 394. The number of carboxylic acids is 2. The molecule has 0 aromatic heterocycles. The molecule has 0 spiro atoms. The van der Waals surface area contributed by atoms with Gasteiger partial charge in [0, 0.05) is 20.6 Å². The fourth-order valence-electron chi connectivity index (χ4n) is 1.53. The minimum atomic E-state index is -1.32. The van der Waals surface area contributed by atoms with Crippen LogP contribution in [-0.2, 0) is 14.4 Å². The predicted molar refractivity (Wildman–Crippen MR) is 72.8 cm³/mol. The summed E-state index contributed by atoms with van der Waals surface area (Å²) in [7, 11) is 3.06. The summed E-state index contributed by atoms with van der Waals surface area (Å²) in [5.41, 5.74) is 0. The summed E-state index contributed by atoms with van der Waals surface area (Å²) in [4.78, 5) is 48.5. The maximum Gasteiger partial charge on any atom is 0.323 e. The molecule has 21 heavy (non-hydrogen) atoms. The van der Waals surface area contributed by atoms with E-state index in [0.29, 0.717) is 11.3 Å². The lowest BCUT2D eigenvalue weighted by Crippen LogP contribution is -2.50. The molecule has 0 saturated carbocycles. The summed E-state index contributed by atoms with van der Waals surface area (Å²) in [5, 5.41) is 17.5. The van der Waals surface area contributed by atoms with Crippen LogP contribution in [0.15, 0.2) is 0 Å². The van der Waals surface area contributed by atoms with Crippen LogP contribution in [0.3, 0.4) is 0 Å². The zero-order valence-corrected chi connectivity index (χ0v) is 12.4. The quantitative estimate of drug-likeness (QED) is 0.617. The molecule has 0 aliphatic carbocycles. The molecule has 0 rings (SSSR count). The van der Waals surface area contributed by atoms with Crippen LogP contribution in [0.4, 0.5) is 4.79 Å². The molecule has 0 saturated heterocycles. The van der Waals surface area contributed by atoms with Gasteiger partial charge in [0.05, 0.1) is 0 Å². The minimum Gasteiger partial charge on any atom is -0.480 e. The number of hydrogen-bond donors (Lipinski definition) is 2. The van der Waals surface area contributed by atoms with Gasteiger partial charge in [-0.05, 0) is 6.42 Å². The predicted octanol–water partition coefficient (Wildman–Crippen LogP) is -0.622. The molecule has 0 aromatic carbocycles. The molecule has 0 aliphatic rings. The Morgan fingerprint density at radius 3 is 1.67 bits per heavy atom. The maximum atomic E-state index is 12.2. The Balaban J connectivity index is 5.05. The van der Waals surface area contributed by atoms with Crippen LogP contribution in [0, 0.1) is 0 Å². The second-order valence-corrected chi connectivity index (χ2v) is 4.64. The van der Waals surface area contributed by atoms with Crippen molar-refractivity contribution in [2.45, 2.75) is 13.3 Å². The normalized spacial score (nSPS) is 9.86. The van der Waals surface area contributed by atoms with Crippen LogP contribution in [0.1, 0.15) is 13.3 Å². The van der Waals surface area contributed by atoms with Crippen molar-refractivity contribution in [3.8, 4) is 0 Å². The minimum absolute atomic E-state index is 0.227. The average Bonchev–Trinajstić information content (AvgIpc) is 2.35. The third-order valence-electron chi connectivity index (χ3n) is 2.51. The van der Waals surface area contributed by atoms with Crippen LogP contribution >= 0.6 is 0 Å². The number of carboxylic acid groups (broad SMARTS) is 2. The Labute approximate surface area is 122 Å². The molecule has 0 atom stereocenters. The molecular weight excluding hydrogens is 282 g/mol. The van der Waals surface area contributed by atoms with Crippen molar-refractivity contribution in [2.75, 3.05) is 40.3 Å². The van der Waals surface area contributed by atoms with E-state index in [1.807, 2.05) is 0 Å². The fraction of sp³-hybridized carbons (Fsp3) is 0.667. The molecule has 2 N–H and O–H groups in total. The van der Waals surface area contributed by atoms with Gasteiger partial charge >= 0.3 is 18.0 Å². The highest BCUT2D eigenvalue weighted by Gasteiger charge is 2.26. The lowest BCUT2D eigenvalue weighted by atomic mass is 10.3. The van der Waals surface area contributed by atoms with Gasteiger partial charge in [0.25, 0.3) is 0 Å². The van der Waals surface area contributed by atoms with Gasteiger partial charge in [0.1, 0.15) is 19.6 Å². The molecule has 3 amide bonds. The van der Waals surface area contributed by atoms with Crippen molar-refractivity contribution in [1.82, 2.24) is 14.7 Å². The summed E-state index contributed by atoms with van der Waals surface area (Å²) in [6.07, 6.45) is 0.556. The Kier molecular flexibility index (Phi) is 7.80. The van der Waals surface area contributed by atoms with E-state index in [-0.39, 0.29) is 19.0 Å². The van der Waals surface area contributed by atoms with Crippen molar-refractivity contribution < 1.29 is 29.4 Å². The first-order chi connectivity index (χ1) is 9.68. The third kappa shape index (κ3) is 7.14. The molecule has 0 fully saturated rings. The lowest BCUT2D eigenvalue weighted by molar-refractivity contribution is -0.140. The van der Waals surface area contributed by atoms with Crippen LogP contribution in [-0.4, -0.2) is 89.1 Å². The summed E-state index contributed by atoms with van der Waals surface area (Å²) in [6.45, 7) is 0.325. The van der Waals surface area contributed by atoms with E-state index < -0.39 is 31.1 Å². The molecule has 0 bridgehead atoms. The topological polar surface area (TPSA) is 118 Å². The lowest BCUT2D eigenvalue weighted by Gasteiger charge is -2.29. The number of carbonyl (C=O) groups excluding carboxylic acids is 2. The summed E-state index contributed by atoms with van der Waals surface area (Å²) >= 11 is 0. The third-order valence-corrected chi connectivity index (χ3v) is 2.51. The second kappa shape index (κ2) is 8.77. The summed E-state index contributed by atoms with van der Waals surface area (Å²) < 4.78 is 0. The van der Waals surface area contributed by atoms with Crippen LogP contribution in [0.5, 0.6) is 0 Å². The number of nitrogens with zero attached hydrogens (tertiary/aromatic N) is 3. The van der Waals surface area contributed by atoms with Crippen LogP contribution in [0.2, 0.25) is 0 Å². The van der Waals surface area contributed by atoms with Crippen molar-refractivity contribution in [1.29, 1.82) is 0 Å². The molecule has 9 heteroatoms. The van der Waals surface area contributed by atoms with Crippen molar-refractivity contribution in [3.63, 3.8) is 0 Å². The van der Waals surface area contributed by atoms with E-state index in [2.05, 4.69) is 0 Å². The number of carbonyl (C=O) groups is 4. The highest BCUT2D eigenvalue weighted by atomic mass is 16.4. The Morgan fingerprint density at radius 1 is 0.857 bits per heavy atom. The van der Waals surface area contributed by atoms with E-state index >= 15 is 0 Å². The van der Waals surface area contributed by atoms with E-state index in [1.54, 1.807) is 6.92 Å². The van der Waals surface area contributed by atoms with Gasteiger partial charge in [-0.1, -0.05) is 6.92 Å². The van der Waals surface area contributed by atoms with Gasteiger partial charge < -0.3 is 24.9 Å². The number of aliphatic carboxylic acids is 2. The van der Waals surface area contributed by atoms with Crippen molar-refractivity contribution >= 4 is 23.9 Å². The number of hydrogen-bond acceptors (Lipinski definition) is 4. The number of urea groups is 1. The highest BCUT2D eigenvalue weighted by Crippen LogP contribution is 2.02. The van der Waals surface area contributed by atoms with E-state index in [1.165, 1.54) is 19.0 Å². The van der Waals surface area contributed by atoms with Crippen LogP contribution < -0.4 is 0 Å². The average molecular weight is 303 g/mol. The zero-order chi connectivity index (χ0) is 16.6. The van der Waals surface area contributed by atoms with Crippen molar-refractivity contribution in [2.24, 2.45) is 0 Å². The molecule has 0 aliphatic heterocycles. The van der Waals surface area contributed by atoms with Crippen molar-refractivity contribution in [3.05, 3.63) is 0 Å². The maximum absolute atomic E-state index is 12.2. The van der Waals surface area contributed by atoms with E-state index in [0.717, 1.165) is 4.90 Å². The smallest absolute Gasteiger partial charge is 0.323 e. The van der Waals surface area contributed by atoms with Gasteiger partial charge in [-0.3, -0.25) is 14.4 Å². The largest absolute Gasteiger partial charge is 0.480 e. The Hall–Kier alpha value is -2.32. The van der Waals surface area contributed by atoms with Gasteiger partial charge in [-0.15, -0.1) is 0 Å². The van der Waals surface area contributed by atoms with Gasteiger partial charge in [0.15, 0.2) is 0 Å². The first-order valence-corrected chi connectivity index (χ1v) is 6.36. The monoisotopic (exact) mass is 303 g/mol. The summed E-state index contributed by atoms with van der Waals surface area (Å²) in [5.74, 6) is -2.97. The second-order valence-electron chi connectivity index (χ2n) is 4.64. The first kappa shape index (κ1) is 18.7. The number of amides is 3. The first-order valence-electron chi connectivity index (χ1n) is 6.36. The summed E-state index contributed by atoms with van der Waals surface area (Å²) in [6, 6.07) is -0.781. The number of rotatable bonds is 8. The molecule has 0 heterocycles. The van der Waals surface area contributed by atoms with Gasteiger partial charge in [-0.2, -0.15) is 0 Å². The molecule has 0 unspecified atom stereocenters.